The van der Waals surface area contributed by atoms with Crippen molar-refractivity contribution < 1.29 is 9.50 Å². The van der Waals surface area contributed by atoms with E-state index in [0.29, 0.717) is 11.5 Å². The van der Waals surface area contributed by atoms with Gasteiger partial charge in [0.15, 0.2) is 0 Å². The molecule has 0 saturated carbocycles. The van der Waals surface area contributed by atoms with Crippen LogP contribution in [0.3, 0.4) is 0 Å². The molecule has 0 bridgehead atoms. The average Bonchev–Trinajstić information content (AvgIpc) is 2.20. The van der Waals surface area contributed by atoms with Crippen molar-refractivity contribution in [2.45, 2.75) is 32.6 Å². The molecule has 1 unspecified atom stereocenters. The Balaban J connectivity index is 3.25. The third-order valence-electron chi connectivity index (χ3n) is 2.55. The largest absolute Gasteiger partial charge is 0.396 e. The Morgan fingerprint density at radius 1 is 1.33 bits per heavy atom. The highest BCUT2D eigenvalue weighted by atomic mass is 35.5. The van der Waals surface area contributed by atoms with Gasteiger partial charge < -0.3 is 5.11 Å². The molecule has 1 aromatic carbocycles. The Morgan fingerprint density at radius 2 is 1.93 bits per heavy atom. The SMILES string of the molecule is CC(C)c1cc(Cl)c(F)c(C(C)CO)c1. The third-order valence-corrected chi connectivity index (χ3v) is 2.83. The van der Waals surface area contributed by atoms with Crippen LogP contribution in [0, 0.1) is 5.82 Å². The number of aliphatic hydroxyl groups excluding tert-OH is 1. The first-order chi connectivity index (χ1) is 6.97. The van der Waals surface area contributed by atoms with Gasteiger partial charge in [0.05, 0.1) is 5.02 Å². The molecule has 1 nitrogen and oxygen atoms in total. The van der Waals surface area contributed by atoms with Crippen molar-refractivity contribution in [1.29, 1.82) is 0 Å². The van der Waals surface area contributed by atoms with Gasteiger partial charge in [-0.25, -0.2) is 4.39 Å². The second-order valence-corrected chi connectivity index (χ2v) is 4.55. The van der Waals surface area contributed by atoms with Gasteiger partial charge in [0.2, 0.25) is 0 Å². The molecule has 0 amide bonds. The second kappa shape index (κ2) is 4.95. The minimum Gasteiger partial charge on any atom is -0.396 e. The molecule has 0 saturated heterocycles. The molecule has 1 atom stereocenters. The predicted molar refractivity (Wildman–Crippen MR) is 61.0 cm³/mol. The first kappa shape index (κ1) is 12.5. The maximum atomic E-state index is 13.6. The first-order valence-electron chi connectivity index (χ1n) is 5.07. The molecule has 0 fully saturated rings. The second-order valence-electron chi connectivity index (χ2n) is 4.14. The number of rotatable bonds is 3. The van der Waals surface area contributed by atoms with Crippen LogP contribution in [0.2, 0.25) is 5.02 Å². The summed E-state index contributed by atoms with van der Waals surface area (Å²) in [6, 6.07) is 3.43. The lowest BCUT2D eigenvalue weighted by molar-refractivity contribution is 0.270. The summed E-state index contributed by atoms with van der Waals surface area (Å²) in [5, 5.41) is 9.16. The zero-order valence-corrected chi connectivity index (χ0v) is 9.98. The number of halogens is 2. The number of hydrogen-bond acceptors (Lipinski definition) is 1. The molecule has 0 radical (unpaired) electrons. The van der Waals surface area contributed by atoms with E-state index < -0.39 is 5.82 Å². The van der Waals surface area contributed by atoms with Crippen LogP contribution in [0.5, 0.6) is 0 Å². The van der Waals surface area contributed by atoms with E-state index in [4.69, 9.17) is 16.7 Å². The fourth-order valence-electron chi connectivity index (χ4n) is 1.42. The molecule has 1 N–H and O–H groups in total. The Morgan fingerprint density at radius 3 is 2.40 bits per heavy atom. The summed E-state index contributed by atoms with van der Waals surface area (Å²) in [5.74, 6) is -0.337. The Hall–Kier alpha value is -0.600. The molecule has 0 spiro atoms. The van der Waals surface area contributed by atoms with Crippen molar-refractivity contribution in [1.82, 2.24) is 0 Å². The number of benzene rings is 1. The molecular formula is C12H16ClFO. The van der Waals surface area contributed by atoms with Crippen molar-refractivity contribution in [2.75, 3.05) is 6.61 Å². The summed E-state index contributed by atoms with van der Waals surface area (Å²) < 4.78 is 13.6. The van der Waals surface area contributed by atoms with Crippen LogP contribution in [0.1, 0.15) is 43.7 Å². The molecule has 15 heavy (non-hydrogen) atoms. The van der Waals surface area contributed by atoms with Crippen molar-refractivity contribution in [3.63, 3.8) is 0 Å². The molecule has 84 valence electrons. The van der Waals surface area contributed by atoms with Crippen LogP contribution in [-0.4, -0.2) is 11.7 Å². The minimum atomic E-state index is -0.414. The smallest absolute Gasteiger partial charge is 0.145 e. The summed E-state index contributed by atoms with van der Waals surface area (Å²) in [4.78, 5) is 0. The Labute approximate surface area is 94.9 Å². The third kappa shape index (κ3) is 2.70. The monoisotopic (exact) mass is 230 g/mol. The highest BCUT2D eigenvalue weighted by molar-refractivity contribution is 6.30. The van der Waals surface area contributed by atoms with E-state index >= 15 is 0 Å². The van der Waals surface area contributed by atoms with Gasteiger partial charge >= 0.3 is 0 Å². The van der Waals surface area contributed by atoms with E-state index in [0.717, 1.165) is 5.56 Å². The summed E-state index contributed by atoms with van der Waals surface area (Å²) in [7, 11) is 0. The lowest BCUT2D eigenvalue weighted by Gasteiger charge is -2.14. The van der Waals surface area contributed by atoms with Gasteiger partial charge in [-0.2, -0.15) is 0 Å². The molecule has 1 rings (SSSR count). The average molecular weight is 231 g/mol. The van der Waals surface area contributed by atoms with Gasteiger partial charge in [-0.1, -0.05) is 38.4 Å². The van der Waals surface area contributed by atoms with E-state index in [1.54, 1.807) is 19.1 Å². The van der Waals surface area contributed by atoms with Crippen LogP contribution in [-0.2, 0) is 0 Å². The van der Waals surface area contributed by atoms with Crippen molar-refractivity contribution in [3.05, 3.63) is 34.1 Å². The fraction of sp³-hybridized carbons (Fsp3) is 0.500. The van der Waals surface area contributed by atoms with Gasteiger partial charge in [-0.3, -0.25) is 0 Å². The normalized spacial score (nSPS) is 13.3. The lowest BCUT2D eigenvalue weighted by atomic mass is 9.95. The Bertz CT molecular complexity index is 350. The molecule has 1 aromatic rings. The number of hydrogen-bond donors (Lipinski definition) is 1. The van der Waals surface area contributed by atoms with Crippen molar-refractivity contribution in [3.8, 4) is 0 Å². The topological polar surface area (TPSA) is 20.2 Å². The first-order valence-corrected chi connectivity index (χ1v) is 5.44. The molecule has 0 aromatic heterocycles. The van der Waals surface area contributed by atoms with Gasteiger partial charge in [0.1, 0.15) is 5.82 Å². The van der Waals surface area contributed by atoms with Crippen LogP contribution >= 0.6 is 11.6 Å². The van der Waals surface area contributed by atoms with E-state index in [1.165, 1.54) is 0 Å². The lowest BCUT2D eigenvalue weighted by Crippen LogP contribution is -2.04. The molecule has 0 aliphatic rings. The predicted octanol–water partition coefficient (Wildman–Crippen LogP) is 3.70. The summed E-state index contributed by atoms with van der Waals surface area (Å²) in [5.41, 5.74) is 1.49. The van der Waals surface area contributed by atoms with Gasteiger partial charge in [0.25, 0.3) is 0 Å². The quantitative estimate of drug-likeness (QED) is 0.840. The maximum Gasteiger partial charge on any atom is 0.145 e. The molecule has 0 heterocycles. The minimum absolute atomic E-state index is 0.0746. The van der Waals surface area contributed by atoms with Crippen molar-refractivity contribution >= 4 is 11.6 Å². The summed E-state index contributed by atoms with van der Waals surface area (Å²) >= 11 is 5.81. The van der Waals surface area contributed by atoms with Gasteiger partial charge in [-0.15, -0.1) is 0 Å². The standard InChI is InChI=1S/C12H16ClFO/c1-7(2)9-4-10(8(3)6-15)12(14)11(13)5-9/h4-5,7-8,15H,6H2,1-3H3. The molecule has 3 heteroatoms. The summed E-state index contributed by atoms with van der Waals surface area (Å²) in [6.45, 7) is 5.75. The van der Waals surface area contributed by atoms with E-state index in [-0.39, 0.29) is 17.5 Å². The molecular weight excluding hydrogens is 215 g/mol. The molecule has 0 aliphatic carbocycles. The zero-order valence-electron chi connectivity index (χ0n) is 9.22. The van der Waals surface area contributed by atoms with Gasteiger partial charge in [0, 0.05) is 12.5 Å². The Kier molecular flexibility index (Phi) is 4.12. The zero-order chi connectivity index (χ0) is 11.6. The highest BCUT2D eigenvalue weighted by Gasteiger charge is 2.15. The van der Waals surface area contributed by atoms with E-state index in [2.05, 4.69) is 0 Å². The van der Waals surface area contributed by atoms with E-state index in [9.17, 15) is 4.39 Å². The maximum absolute atomic E-state index is 13.6. The van der Waals surface area contributed by atoms with Crippen LogP contribution in [0.25, 0.3) is 0 Å². The van der Waals surface area contributed by atoms with Crippen molar-refractivity contribution in [2.24, 2.45) is 0 Å². The fourth-order valence-corrected chi connectivity index (χ4v) is 1.66. The highest BCUT2D eigenvalue weighted by Crippen LogP contribution is 2.29. The summed E-state index contributed by atoms with van der Waals surface area (Å²) in [6.07, 6.45) is 0. The number of aliphatic hydroxyl groups is 1. The van der Waals surface area contributed by atoms with Crippen LogP contribution < -0.4 is 0 Å². The van der Waals surface area contributed by atoms with Crippen LogP contribution in [0.15, 0.2) is 12.1 Å². The van der Waals surface area contributed by atoms with Gasteiger partial charge in [-0.05, 0) is 23.1 Å². The van der Waals surface area contributed by atoms with Crippen LogP contribution in [0.4, 0.5) is 4.39 Å². The molecule has 0 aliphatic heterocycles. The van der Waals surface area contributed by atoms with E-state index in [1.807, 2.05) is 13.8 Å².